The third-order valence-electron chi connectivity index (χ3n) is 8.21. The number of benzene rings is 2. The molecule has 0 saturated carbocycles. The maximum Gasteiger partial charge on any atom is 0.328 e. The number of hydrogen-bond donors (Lipinski definition) is 1. The highest BCUT2D eigenvalue weighted by atomic mass is 16.7. The van der Waals surface area contributed by atoms with Gasteiger partial charge in [0.1, 0.15) is 12.1 Å². The first-order valence-corrected chi connectivity index (χ1v) is 12.2. The molecule has 1 N–H and O–H groups in total. The van der Waals surface area contributed by atoms with Gasteiger partial charge in [-0.2, -0.15) is 0 Å². The molecule has 0 radical (unpaired) electrons. The van der Waals surface area contributed by atoms with Crippen LogP contribution in [0.1, 0.15) is 62.9 Å². The van der Waals surface area contributed by atoms with E-state index in [4.69, 9.17) is 9.47 Å². The van der Waals surface area contributed by atoms with Gasteiger partial charge in [-0.05, 0) is 48.6 Å². The number of nitrogens with zero attached hydrogens (tertiary/aromatic N) is 2. The van der Waals surface area contributed by atoms with Crippen LogP contribution >= 0.6 is 0 Å². The van der Waals surface area contributed by atoms with Crippen molar-refractivity contribution in [1.82, 2.24) is 14.8 Å². The highest BCUT2D eigenvalue weighted by Crippen LogP contribution is 2.48. The zero-order chi connectivity index (χ0) is 23.6. The van der Waals surface area contributed by atoms with Crippen LogP contribution < -0.4 is 9.47 Å². The van der Waals surface area contributed by atoms with Gasteiger partial charge in [0.05, 0.1) is 5.54 Å². The number of aromatic amines is 1. The van der Waals surface area contributed by atoms with Crippen molar-refractivity contribution in [3.63, 3.8) is 0 Å². The summed E-state index contributed by atoms with van der Waals surface area (Å²) in [6, 6.07) is 12.8. The lowest BCUT2D eigenvalue weighted by Gasteiger charge is -2.39. The number of imide groups is 1. The van der Waals surface area contributed by atoms with E-state index in [1.807, 2.05) is 36.4 Å². The quantitative estimate of drug-likeness (QED) is 0.536. The molecule has 3 amide bonds. The van der Waals surface area contributed by atoms with E-state index in [-0.39, 0.29) is 18.7 Å². The molecule has 1 fully saturated rings. The normalized spacial score (nSPS) is 21.4. The average Bonchev–Trinajstić information content (AvgIpc) is 3.55. The van der Waals surface area contributed by atoms with E-state index >= 15 is 0 Å². The highest BCUT2D eigenvalue weighted by molar-refractivity contribution is 6.06. The molecule has 3 aromatic rings. The van der Waals surface area contributed by atoms with Gasteiger partial charge in [0, 0.05) is 23.0 Å². The number of urea groups is 1. The molecule has 1 saturated heterocycles. The van der Waals surface area contributed by atoms with Gasteiger partial charge in [-0.15, -0.1) is 0 Å². The van der Waals surface area contributed by atoms with Gasteiger partial charge in [-0.3, -0.25) is 14.6 Å². The zero-order valence-electron chi connectivity index (χ0n) is 19.8. The molecule has 7 nitrogen and oxygen atoms in total. The van der Waals surface area contributed by atoms with Crippen molar-refractivity contribution >= 4 is 22.8 Å². The molecule has 2 aromatic carbocycles. The Balaban J connectivity index is 1.55. The number of ether oxygens (including phenoxy) is 2. The summed E-state index contributed by atoms with van der Waals surface area (Å²) in [5.74, 6) is 1.27. The Labute approximate surface area is 198 Å². The van der Waals surface area contributed by atoms with Crippen LogP contribution in [0.5, 0.6) is 11.5 Å². The van der Waals surface area contributed by atoms with Gasteiger partial charge < -0.3 is 14.5 Å². The third-order valence-corrected chi connectivity index (χ3v) is 8.21. The Morgan fingerprint density at radius 3 is 2.50 bits per heavy atom. The number of H-pyrrole nitrogens is 1. The van der Waals surface area contributed by atoms with Crippen LogP contribution in [0.2, 0.25) is 0 Å². The van der Waals surface area contributed by atoms with E-state index in [1.54, 1.807) is 9.80 Å². The molecule has 0 spiro atoms. The van der Waals surface area contributed by atoms with E-state index in [0.717, 1.165) is 47.0 Å². The second-order valence-corrected chi connectivity index (χ2v) is 9.45. The van der Waals surface area contributed by atoms with E-state index < -0.39 is 17.6 Å². The summed E-state index contributed by atoms with van der Waals surface area (Å²) in [5.41, 5.74) is 3.52. The molecule has 2 unspecified atom stereocenters. The Hall–Kier alpha value is -3.48. The number of fused-ring (bicyclic) bond motifs is 5. The topological polar surface area (TPSA) is 74.9 Å². The predicted octanol–water partition coefficient (Wildman–Crippen LogP) is 5.14. The minimum Gasteiger partial charge on any atom is -0.454 e. The van der Waals surface area contributed by atoms with Crippen molar-refractivity contribution in [2.45, 2.75) is 64.1 Å². The fourth-order valence-electron chi connectivity index (χ4n) is 6.17. The summed E-state index contributed by atoms with van der Waals surface area (Å²) in [4.78, 5) is 34.9. The van der Waals surface area contributed by atoms with Crippen molar-refractivity contribution in [3.8, 4) is 11.5 Å². The second kappa shape index (κ2) is 7.52. The molecular weight excluding hydrogens is 430 g/mol. The molecule has 0 aliphatic carbocycles. The number of nitrogens with one attached hydrogen (secondary N) is 1. The van der Waals surface area contributed by atoms with Crippen molar-refractivity contribution in [2.75, 3.05) is 6.79 Å². The van der Waals surface area contributed by atoms with Crippen LogP contribution in [0.25, 0.3) is 10.9 Å². The maximum atomic E-state index is 14.1. The Morgan fingerprint density at radius 2 is 1.74 bits per heavy atom. The molecule has 0 bridgehead atoms. The number of amides is 3. The molecule has 34 heavy (non-hydrogen) atoms. The Morgan fingerprint density at radius 1 is 1.00 bits per heavy atom. The van der Waals surface area contributed by atoms with Crippen molar-refractivity contribution < 1.29 is 19.1 Å². The number of carbonyl (C=O) groups excluding carboxylic acids is 2. The average molecular weight is 460 g/mol. The van der Waals surface area contributed by atoms with Crippen LogP contribution in [0, 0.1) is 0 Å². The molecule has 3 aliphatic heterocycles. The monoisotopic (exact) mass is 459 g/mol. The van der Waals surface area contributed by atoms with Gasteiger partial charge in [0.2, 0.25) is 6.79 Å². The Kier molecular flexibility index (Phi) is 4.66. The number of rotatable bonds is 5. The SMILES string of the molecule is CCC(CC)(CC)N1C(=O)C2Cc3c([nH]c4ccccc34)C(c3ccc4c(c3)OCO4)N2C1=O. The molecule has 176 valence electrons. The number of aromatic nitrogens is 1. The predicted molar refractivity (Wildman–Crippen MR) is 128 cm³/mol. The van der Waals surface area contributed by atoms with E-state index in [1.165, 1.54) is 0 Å². The highest BCUT2D eigenvalue weighted by Gasteiger charge is 2.57. The fraction of sp³-hybridized carbons (Fsp3) is 0.407. The van der Waals surface area contributed by atoms with E-state index in [9.17, 15) is 9.59 Å². The van der Waals surface area contributed by atoms with Crippen LogP contribution in [0.4, 0.5) is 4.79 Å². The number of carbonyl (C=O) groups is 2. The summed E-state index contributed by atoms with van der Waals surface area (Å²) in [6.45, 7) is 6.38. The summed E-state index contributed by atoms with van der Waals surface area (Å²) >= 11 is 0. The largest absolute Gasteiger partial charge is 0.454 e. The molecule has 2 atom stereocenters. The first-order chi connectivity index (χ1) is 16.5. The summed E-state index contributed by atoms with van der Waals surface area (Å²) in [6.07, 6.45) is 2.72. The lowest BCUT2D eigenvalue weighted by atomic mass is 9.87. The molecule has 4 heterocycles. The van der Waals surface area contributed by atoms with Crippen LogP contribution in [0.15, 0.2) is 42.5 Å². The van der Waals surface area contributed by atoms with Gasteiger partial charge >= 0.3 is 6.03 Å². The number of hydrogen-bond acceptors (Lipinski definition) is 4. The van der Waals surface area contributed by atoms with Crippen LogP contribution in [-0.2, 0) is 11.2 Å². The molecule has 1 aromatic heterocycles. The van der Waals surface area contributed by atoms with Crippen LogP contribution in [-0.4, -0.2) is 45.1 Å². The molecule has 3 aliphatic rings. The second-order valence-electron chi connectivity index (χ2n) is 9.45. The van der Waals surface area contributed by atoms with E-state index in [0.29, 0.717) is 17.9 Å². The van der Waals surface area contributed by atoms with Gasteiger partial charge in [0.15, 0.2) is 11.5 Å². The third kappa shape index (κ3) is 2.70. The standard InChI is InChI=1S/C27H29N3O4/c1-4-27(5-2,6-3)30-25(31)20-14-18-17-9-7-8-10-19(17)28-23(18)24(29(20)26(30)32)16-11-12-21-22(13-16)34-15-33-21/h7-13,20,24,28H,4-6,14-15H2,1-3H3. The maximum absolute atomic E-state index is 14.1. The van der Waals surface area contributed by atoms with Crippen molar-refractivity contribution in [3.05, 3.63) is 59.3 Å². The minimum atomic E-state index is -0.529. The zero-order valence-corrected chi connectivity index (χ0v) is 19.8. The Bertz CT molecular complexity index is 1300. The molecular formula is C27H29N3O4. The summed E-state index contributed by atoms with van der Waals surface area (Å²) < 4.78 is 11.2. The first kappa shape index (κ1) is 21.1. The van der Waals surface area contributed by atoms with Crippen LogP contribution in [0.3, 0.4) is 0 Å². The minimum absolute atomic E-state index is 0.0859. The summed E-state index contributed by atoms with van der Waals surface area (Å²) in [7, 11) is 0. The van der Waals surface area contributed by atoms with E-state index in [2.05, 4.69) is 31.8 Å². The lowest BCUT2D eigenvalue weighted by molar-refractivity contribution is -0.133. The van der Waals surface area contributed by atoms with Gasteiger partial charge in [-0.1, -0.05) is 45.0 Å². The number of para-hydroxylation sites is 1. The van der Waals surface area contributed by atoms with Gasteiger partial charge in [-0.25, -0.2) is 4.79 Å². The smallest absolute Gasteiger partial charge is 0.328 e. The molecule has 6 rings (SSSR count). The lowest BCUT2D eigenvalue weighted by Crippen LogP contribution is -2.51. The fourth-order valence-corrected chi connectivity index (χ4v) is 6.17. The van der Waals surface area contributed by atoms with Gasteiger partial charge in [0.25, 0.3) is 5.91 Å². The summed E-state index contributed by atoms with van der Waals surface area (Å²) in [5, 5.41) is 1.11. The van der Waals surface area contributed by atoms with Crippen molar-refractivity contribution in [2.24, 2.45) is 0 Å². The molecule has 7 heteroatoms. The van der Waals surface area contributed by atoms with Crippen molar-refractivity contribution in [1.29, 1.82) is 0 Å². The first-order valence-electron chi connectivity index (χ1n) is 12.2.